The van der Waals surface area contributed by atoms with Crippen molar-refractivity contribution in [3.63, 3.8) is 0 Å². The Morgan fingerprint density at radius 1 is 1.21 bits per heavy atom. The largest absolute Gasteiger partial charge is 0.361 e. The van der Waals surface area contributed by atoms with Crippen molar-refractivity contribution in [3.8, 4) is 0 Å². The Bertz CT molecular complexity index is 529. The quantitative estimate of drug-likeness (QED) is 0.564. The van der Waals surface area contributed by atoms with Crippen LogP contribution in [0.2, 0.25) is 0 Å². The summed E-state index contributed by atoms with van der Waals surface area (Å²) in [5, 5.41) is 7.01. The fourth-order valence-electron chi connectivity index (χ4n) is 3.13. The highest BCUT2D eigenvalue weighted by atomic mass is 32.2. The Morgan fingerprint density at radius 2 is 1.83 bits per heavy atom. The zero-order valence-corrected chi connectivity index (χ0v) is 15.8. The monoisotopic (exact) mass is 373 g/mol. The number of thioether (sulfide) groups is 1. The van der Waals surface area contributed by atoms with E-state index >= 15 is 0 Å². The Kier molecular flexibility index (Phi) is 7.25. The standard InChI is InChI=1S/C17H25F2N3S2/c1-22(2)17(10-4-3-5-11-17)12-20-16(23)21-13-6-8-14(9-7-13)24-15(18)19/h6-9,15H,3-5,10-12H2,1-2H3,(H2,20,21,23). The van der Waals surface area contributed by atoms with Gasteiger partial charge in [0.25, 0.3) is 5.76 Å². The van der Waals surface area contributed by atoms with Crippen LogP contribution in [-0.2, 0) is 0 Å². The average molecular weight is 374 g/mol. The molecule has 134 valence electrons. The molecule has 0 radical (unpaired) electrons. The lowest BCUT2D eigenvalue weighted by Gasteiger charge is -2.43. The van der Waals surface area contributed by atoms with Crippen LogP contribution in [0.25, 0.3) is 0 Å². The van der Waals surface area contributed by atoms with E-state index < -0.39 is 5.76 Å². The fraction of sp³-hybridized carbons (Fsp3) is 0.588. The highest BCUT2D eigenvalue weighted by molar-refractivity contribution is 7.99. The normalized spacial score (nSPS) is 17.1. The Morgan fingerprint density at radius 3 is 2.38 bits per heavy atom. The molecule has 0 bridgehead atoms. The van der Waals surface area contributed by atoms with E-state index in [4.69, 9.17) is 12.2 Å². The molecule has 0 aromatic heterocycles. The van der Waals surface area contributed by atoms with Crippen LogP contribution in [0.1, 0.15) is 32.1 Å². The molecular weight excluding hydrogens is 348 g/mol. The number of alkyl halides is 2. The lowest BCUT2D eigenvalue weighted by molar-refractivity contribution is 0.104. The van der Waals surface area contributed by atoms with Crippen LogP contribution in [0.3, 0.4) is 0 Å². The molecule has 0 saturated heterocycles. The summed E-state index contributed by atoms with van der Waals surface area (Å²) in [5.41, 5.74) is 0.954. The molecule has 1 saturated carbocycles. The van der Waals surface area contributed by atoms with E-state index in [0.717, 1.165) is 12.2 Å². The maximum absolute atomic E-state index is 12.3. The molecule has 1 aliphatic rings. The molecule has 7 heteroatoms. The van der Waals surface area contributed by atoms with Gasteiger partial charge in [-0.1, -0.05) is 31.0 Å². The molecule has 0 unspecified atom stereocenters. The van der Waals surface area contributed by atoms with E-state index in [1.54, 1.807) is 24.3 Å². The van der Waals surface area contributed by atoms with Gasteiger partial charge in [-0.15, -0.1) is 0 Å². The minimum absolute atomic E-state index is 0.155. The van der Waals surface area contributed by atoms with Crippen molar-refractivity contribution in [1.29, 1.82) is 0 Å². The van der Waals surface area contributed by atoms with Crippen molar-refractivity contribution in [3.05, 3.63) is 24.3 Å². The Hall–Kier alpha value is -0.920. The summed E-state index contributed by atoms with van der Waals surface area (Å²) >= 11 is 5.92. The molecule has 0 aliphatic heterocycles. The van der Waals surface area contributed by atoms with Crippen LogP contribution in [0.5, 0.6) is 0 Å². The summed E-state index contributed by atoms with van der Waals surface area (Å²) in [6.07, 6.45) is 6.16. The molecule has 1 fully saturated rings. The second-order valence-electron chi connectivity index (χ2n) is 6.39. The van der Waals surface area contributed by atoms with E-state index in [0.29, 0.717) is 21.8 Å². The number of likely N-dealkylation sites (N-methyl/N-ethyl adjacent to an activating group) is 1. The number of hydrogen-bond donors (Lipinski definition) is 2. The van der Waals surface area contributed by atoms with Gasteiger partial charge in [0.2, 0.25) is 0 Å². The fourth-order valence-corrected chi connectivity index (χ4v) is 3.82. The number of hydrogen-bond acceptors (Lipinski definition) is 3. The van der Waals surface area contributed by atoms with Crippen molar-refractivity contribution in [1.82, 2.24) is 10.2 Å². The summed E-state index contributed by atoms with van der Waals surface area (Å²) < 4.78 is 24.6. The molecule has 0 heterocycles. The minimum Gasteiger partial charge on any atom is -0.361 e. The lowest BCUT2D eigenvalue weighted by atomic mass is 9.80. The summed E-state index contributed by atoms with van der Waals surface area (Å²) in [4.78, 5) is 2.85. The van der Waals surface area contributed by atoms with Crippen LogP contribution in [0.4, 0.5) is 14.5 Å². The first-order valence-electron chi connectivity index (χ1n) is 8.18. The maximum atomic E-state index is 12.3. The molecule has 1 aliphatic carbocycles. The molecule has 1 aromatic carbocycles. The van der Waals surface area contributed by atoms with Gasteiger partial charge in [-0.2, -0.15) is 8.78 Å². The summed E-state index contributed by atoms with van der Waals surface area (Å²) in [6, 6.07) is 6.87. The third-order valence-corrected chi connectivity index (χ3v) is 5.62. The summed E-state index contributed by atoms with van der Waals surface area (Å²) in [7, 11) is 4.26. The Balaban J connectivity index is 1.86. The minimum atomic E-state index is -2.40. The van der Waals surface area contributed by atoms with Gasteiger partial charge in [0.05, 0.1) is 0 Å². The molecule has 1 aromatic rings. The number of halogens is 2. The van der Waals surface area contributed by atoms with Crippen molar-refractivity contribution in [2.24, 2.45) is 0 Å². The van der Waals surface area contributed by atoms with Gasteiger partial charge in [0.15, 0.2) is 5.11 Å². The molecular formula is C17H25F2N3S2. The Labute approximate surface area is 152 Å². The third-order valence-electron chi connectivity index (χ3n) is 4.65. The first-order valence-corrected chi connectivity index (χ1v) is 9.47. The van der Waals surface area contributed by atoms with E-state index in [2.05, 4.69) is 29.6 Å². The molecule has 0 atom stereocenters. The average Bonchev–Trinajstić information content (AvgIpc) is 2.55. The third kappa shape index (κ3) is 5.57. The first-order chi connectivity index (χ1) is 11.4. The van der Waals surface area contributed by atoms with Crippen LogP contribution < -0.4 is 10.6 Å². The van der Waals surface area contributed by atoms with E-state index in [-0.39, 0.29) is 5.54 Å². The maximum Gasteiger partial charge on any atom is 0.288 e. The van der Waals surface area contributed by atoms with Crippen molar-refractivity contribution in [2.75, 3.05) is 26.0 Å². The van der Waals surface area contributed by atoms with Gasteiger partial charge in [0, 0.05) is 22.7 Å². The van der Waals surface area contributed by atoms with Crippen molar-refractivity contribution >= 4 is 34.8 Å². The van der Waals surface area contributed by atoms with Crippen LogP contribution in [-0.4, -0.2) is 41.9 Å². The van der Waals surface area contributed by atoms with Gasteiger partial charge in [0.1, 0.15) is 0 Å². The highest BCUT2D eigenvalue weighted by Gasteiger charge is 2.34. The first kappa shape index (κ1) is 19.4. The zero-order chi connectivity index (χ0) is 17.6. The molecule has 0 amide bonds. The number of nitrogens with zero attached hydrogens (tertiary/aromatic N) is 1. The van der Waals surface area contributed by atoms with Crippen LogP contribution in [0, 0.1) is 0 Å². The van der Waals surface area contributed by atoms with E-state index in [9.17, 15) is 8.78 Å². The van der Waals surface area contributed by atoms with Crippen LogP contribution in [0.15, 0.2) is 29.2 Å². The number of rotatable bonds is 6. The molecule has 24 heavy (non-hydrogen) atoms. The smallest absolute Gasteiger partial charge is 0.288 e. The van der Waals surface area contributed by atoms with Gasteiger partial charge in [-0.3, -0.25) is 0 Å². The van der Waals surface area contributed by atoms with Gasteiger partial charge in [-0.25, -0.2) is 0 Å². The predicted octanol–water partition coefficient (Wildman–Crippen LogP) is 4.55. The second kappa shape index (κ2) is 8.97. The van der Waals surface area contributed by atoms with E-state index in [1.165, 1.54) is 32.1 Å². The summed E-state index contributed by atoms with van der Waals surface area (Å²) in [5.74, 6) is -2.40. The highest BCUT2D eigenvalue weighted by Crippen LogP contribution is 2.31. The molecule has 3 nitrogen and oxygen atoms in total. The SMILES string of the molecule is CN(C)C1(CNC(=S)Nc2ccc(SC(F)F)cc2)CCCCC1. The summed E-state index contributed by atoms with van der Waals surface area (Å²) in [6.45, 7) is 0.811. The van der Waals surface area contributed by atoms with Gasteiger partial charge >= 0.3 is 0 Å². The lowest BCUT2D eigenvalue weighted by Crippen LogP contribution is -2.54. The van der Waals surface area contributed by atoms with Gasteiger partial charge in [-0.05, 0) is 63.4 Å². The zero-order valence-electron chi connectivity index (χ0n) is 14.1. The van der Waals surface area contributed by atoms with Crippen molar-refractivity contribution in [2.45, 2.75) is 48.3 Å². The molecule has 2 rings (SSSR count). The molecule has 2 N–H and O–H groups in total. The van der Waals surface area contributed by atoms with Gasteiger partial charge < -0.3 is 15.5 Å². The number of benzene rings is 1. The molecule has 0 spiro atoms. The predicted molar refractivity (Wildman–Crippen MR) is 102 cm³/mol. The number of nitrogens with one attached hydrogen (secondary N) is 2. The number of anilines is 1. The van der Waals surface area contributed by atoms with E-state index in [1.807, 2.05) is 0 Å². The topological polar surface area (TPSA) is 27.3 Å². The second-order valence-corrected chi connectivity index (χ2v) is 7.86. The van der Waals surface area contributed by atoms with Crippen molar-refractivity contribution < 1.29 is 8.78 Å². The van der Waals surface area contributed by atoms with Crippen LogP contribution >= 0.6 is 24.0 Å². The number of thiocarbonyl (C=S) groups is 1.